The summed E-state index contributed by atoms with van der Waals surface area (Å²) in [6, 6.07) is 13.2. The Morgan fingerprint density at radius 2 is 2.00 bits per heavy atom. The molecule has 0 aliphatic carbocycles. The standard InChI is InChI=1S/C19H16ClN5OS2/c1-2-12-3-6-14(7-4-12)22-18-23-24-19(28-18)27-11-15-9-17(26)25-10-13(20)5-8-16(25)21-15/h3-10H,2,11H2,1H3,(H,22,23). The summed E-state index contributed by atoms with van der Waals surface area (Å²) in [5, 5.41) is 12.9. The zero-order valence-corrected chi connectivity index (χ0v) is 17.3. The Bertz CT molecular complexity index is 1170. The number of hydrogen-bond donors (Lipinski definition) is 1. The molecular formula is C19H16ClN5OS2. The first-order chi connectivity index (χ1) is 13.6. The van der Waals surface area contributed by atoms with Gasteiger partial charge in [0.2, 0.25) is 5.13 Å². The van der Waals surface area contributed by atoms with Crippen LogP contribution >= 0.6 is 34.7 Å². The average Bonchev–Trinajstić information content (AvgIpc) is 3.15. The maximum Gasteiger partial charge on any atom is 0.258 e. The molecule has 0 saturated heterocycles. The summed E-state index contributed by atoms with van der Waals surface area (Å²) < 4.78 is 2.25. The Kier molecular flexibility index (Phi) is 5.61. The molecule has 0 fully saturated rings. The van der Waals surface area contributed by atoms with Gasteiger partial charge in [-0.2, -0.15) is 0 Å². The van der Waals surface area contributed by atoms with E-state index in [-0.39, 0.29) is 5.56 Å². The molecule has 0 aliphatic rings. The Balaban J connectivity index is 1.43. The van der Waals surface area contributed by atoms with Crippen LogP contribution in [0.1, 0.15) is 18.2 Å². The summed E-state index contributed by atoms with van der Waals surface area (Å²) in [5.74, 6) is 0.536. The number of fused-ring (bicyclic) bond motifs is 1. The van der Waals surface area contributed by atoms with Gasteiger partial charge in [0, 0.05) is 23.7 Å². The van der Waals surface area contributed by atoms with E-state index in [1.54, 1.807) is 18.3 Å². The number of hydrogen-bond acceptors (Lipinski definition) is 7. The molecule has 3 aromatic heterocycles. The quantitative estimate of drug-likeness (QED) is 0.444. The first-order valence-corrected chi connectivity index (χ1v) is 10.8. The summed E-state index contributed by atoms with van der Waals surface area (Å²) in [5.41, 5.74) is 3.38. The van der Waals surface area contributed by atoms with E-state index in [1.807, 2.05) is 12.1 Å². The maximum atomic E-state index is 12.2. The third-order valence-corrected chi connectivity index (χ3v) is 6.27. The van der Waals surface area contributed by atoms with Crippen molar-refractivity contribution < 1.29 is 0 Å². The molecule has 0 bridgehead atoms. The van der Waals surface area contributed by atoms with Crippen LogP contribution < -0.4 is 10.9 Å². The Morgan fingerprint density at radius 3 is 2.79 bits per heavy atom. The fourth-order valence-corrected chi connectivity index (χ4v) is 4.43. The van der Waals surface area contributed by atoms with E-state index in [1.165, 1.54) is 39.1 Å². The predicted molar refractivity (Wildman–Crippen MR) is 115 cm³/mol. The highest BCUT2D eigenvalue weighted by Crippen LogP contribution is 2.29. The van der Waals surface area contributed by atoms with Crippen LogP contribution in [0.4, 0.5) is 10.8 Å². The highest BCUT2D eigenvalue weighted by Gasteiger charge is 2.08. The van der Waals surface area contributed by atoms with Crippen LogP contribution in [-0.2, 0) is 12.2 Å². The second-order valence-electron chi connectivity index (χ2n) is 6.00. The van der Waals surface area contributed by atoms with Crippen LogP contribution in [0.25, 0.3) is 5.65 Å². The van der Waals surface area contributed by atoms with E-state index >= 15 is 0 Å². The molecule has 0 atom stereocenters. The minimum Gasteiger partial charge on any atom is -0.330 e. The molecule has 9 heteroatoms. The molecule has 0 amide bonds. The van der Waals surface area contributed by atoms with Crippen molar-refractivity contribution in [2.24, 2.45) is 0 Å². The van der Waals surface area contributed by atoms with Crippen molar-refractivity contribution in [3.63, 3.8) is 0 Å². The van der Waals surface area contributed by atoms with Crippen LogP contribution in [-0.4, -0.2) is 19.6 Å². The van der Waals surface area contributed by atoms with E-state index in [2.05, 4.69) is 39.6 Å². The third-order valence-electron chi connectivity index (χ3n) is 4.04. The van der Waals surface area contributed by atoms with Gasteiger partial charge in [0.25, 0.3) is 5.56 Å². The van der Waals surface area contributed by atoms with Crippen molar-refractivity contribution in [2.45, 2.75) is 23.4 Å². The Morgan fingerprint density at radius 1 is 1.18 bits per heavy atom. The first kappa shape index (κ1) is 18.9. The molecule has 0 spiro atoms. The highest BCUT2D eigenvalue weighted by molar-refractivity contribution is 8.00. The number of pyridine rings is 1. The molecule has 1 aromatic carbocycles. The Labute approximate surface area is 174 Å². The number of halogens is 1. The maximum absolute atomic E-state index is 12.2. The molecule has 3 heterocycles. The number of aryl methyl sites for hydroxylation is 1. The van der Waals surface area contributed by atoms with Gasteiger partial charge >= 0.3 is 0 Å². The van der Waals surface area contributed by atoms with Gasteiger partial charge in [0.1, 0.15) is 5.65 Å². The number of aromatic nitrogens is 4. The van der Waals surface area contributed by atoms with Crippen molar-refractivity contribution in [3.8, 4) is 0 Å². The van der Waals surface area contributed by atoms with Crippen molar-refractivity contribution in [1.29, 1.82) is 0 Å². The van der Waals surface area contributed by atoms with Crippen LogP contribution in [0.2, 0.25) is 5.02 Å². The number of benzene rings is 1. The molecule has 6 nitrogen and oxygen atoms in total. The predicted octanol–water partition coefficient (Wildman–Crippen LogP) is 4.80. The number of thioether (sulfide) groups is 1. The first-order valence-electron chi connectivity index (χ1n) is 8.61. The van der Waals surface area contributed by atoms with Crippen LogP contribution in [0, 0.1) is 0 Å². The van der Waals surface area contributed by atoms with Gasteiger partial charge in [-0.3, -0.25) is 9.20 Å². The average molecular weight is 430 g/mol. The number of nitrogens with one attached hydrogen (secondary N) is 1. The molecule has 142 valence electrons. The van der Waals surface area contributed by atoms with Crippen molar-refractivity contribution >= 4 is 51.2 Å². The largest absolute Gasteiger partial charge is 0.330 e. The van der Waals surface area contributed by atoms with Crippen molar-refractivity contribution in [3.05, 3.63) is 75.3 Å². The molecule has 4 rings (SSSR count). The monoisotopic (exact) mass is 429 g/mol. The van der Waals surface area contributed by atoms with Crippen molar-refractivity contribution in [2.75, 3.05) is 5.32 Å². The molecule has 4 aromatic rings. The van der Waals surface area contributed by atoms with E-state index in [0.717, 1.165) is 21.6 Å². The van der Waals surface area contributed by atoms with Gasteiger partial charge < -0.3 is 5.32 Å². The second kappa shape index (κ2) is 8.30. The van der Waals surface area contributed by atoms with Crippen LogP contribution in [0.3, 0.4) is 0 Å². The minimum absolute atomic E-state index is 0.154. The summed E-state index contributed by atoms with van der Waals surface area (Å²) in [7, 11) is 0. The minimum atomic E-state index is -0.154. The van der Waals surface area contributed by atoms with Gasteiger partial charge in [-0.1, -0.05) is 53.8 Å². The topological polar surface area (TPSA) is 72.2 Å². The SMILES string of the molecule is CCc1ccc(Nc2nnc(SCc3cc(=O)n4cc(Cl)ccc4n3)s2)cc1. The summed E-state index contributed by atoms with van der Waals surface area (Å²) in [4.78, 5) is 16.7. The van der Waals surface area contributed by atoms with E-state index < -0.39 is 0 Å². The number of anilines is 2. The molecule has 0 aliphatic heterocycles. The van der Waals surface area contributed by atoms with Gasteiger partial charge in [0.05, 0.1) is 10.7 Å². The molecule has 0 saturated carbocycles. The summed E-state index contributed by atoms with van der Waals surface area (Å²) in [6.45, 7) is 2.13. The normalized spacial score (nSPS) is 11.1. The zero-order chi connectivity index (χ0) is 19.5. The molecule has 0 unspecified atom stereocenters. The third kappa shape index (κ3) is 4.35. The lowest BCUT2D eigenvalue weighted by Gasteiger charge is -2.03. The van der Waals surface area contributed by atoms with Crippen LogP contribution in [0.15, 0.2) is 57.8 Å². The highest BCUT2D eigenvalue weighted by atomic mass is 35.5. The number of nitrogens with zero attached hydrogens (tertiary/aromatic N) is 4. The molecule has 0 radical (unpaired) electrons. The van der Waals surface area contributed by atoms with Crippen LogP contribution in [0.5, 0.6) is 0 Å². The molecule has 1 N–H and O–H groups in total. The van der Waals surface area contributed by atoms with Gasteiger partial charge in [-0.05, 0) is 36.2 Å². The fourth-order valence-electron chi connectivity index (χ4n) is 2.60. The van der Waals surface area contributed by atoms with Gasteiger partial charge in [-0.25, -0.2) is 4.98 Å². The van der Waals surface area contributed by atoms with Gasteiger partial charge in [-0.15, -0.1) is 10.2 Å². The lowest BCUT2D eigenvalue weighted by Crippen LogP contribution is -2.14. The zero-order valence-electron chi connectivity index (χ0n) is 14.9. The van der Waals surface area contributed by atoms with E-state index in [0.29, 0.717) is 22.1 Å². The lowest BCUT2D eigenvalue weighted by molar-refractivity contribution is 1.00. The Hall–Kier alpha value is -2.42. The van der Waals surface area contributed by atoms with Gasteiger partial charge in [0.15, 0.2) is 4.34 Å². The summed E-state index contributed by atoms with van der Waals surface area (Å²) >= 11 is 8.90. The fraction of sp³-hybridized carbons (Fsp3) is 0.158. The lowest BCUT2D eigenvalue weighted by atomic mass is 10.1. The second-order valence-corrected chi connectivity index (χ2v) is 8.63. The smallest absolute Gasteiger partial charge is 0.258 e. The van der Waals surface area contributed by atoms with E-state index in [9.17, 15) is 4.79 Å². The van der Waals surface area contributed by atoms with E-state index in [4.69, 9.17) is 11.6 Å². The molecular weight excluding hydrogens is 414 g/mol. The van der Waals surface area contributed by atoms with Crippen molar-refractivity contribution in [1.82, 2.24) is 19.6 Å². The molecule has 28 heavy (non-hydrogen) atoms. The number of rotatable bonds is 6. The summed E-state index contributed by atoms with van der Waals surface area (Å²) in [6.07, 6.45) is 2.58.